The van der Waals surface area contributed by atoms with E-state index in [4.69, 9.17) is 4.74 Å². The van der Waals surface area contributed by atoms with Gasteiger partial charge in [0, 0.05) is 5.41 Å². The van der Waals surface area contributed by atoms with Gasteiger partial charge in [0.15, 0.2) is 0 Å². The molecule has 0 aliphatic heterocycles. The number of hydrogen-bond donors (Lipinski definition) is 1. The Labute approximate surface area is 95.0 Å². The van der Waals surface area contributed by atoms with Gasteiger partial charge >= 0.3 is 0 Å². The van der Waals surface area contributed by atoms with Crippen LogP contribution in [0.4, 0.5) is 4.39 Å². The highest BCUT2D eigenvalue weighted by atomic mass is 32.1. The number of halogens is 1. The molecular weight excluding hydrogens is 211 g/mol. The van der Waals surface area contributed by atoms with Gasteiger partial charge in [-0.1, -0.05) is 6.42 Å². The molecule has 1 aromatic carbocycles. The van der Waals surface area contributed by atoms with Crippen LogP contribution in [0.25, 0.3) is 0 Å². The minimum absolute atomic E-state index is 0.227. The van der Waals surface area contributed by atoms with Crippen molar-refractivity contribution in [2.45, 2.75) is 19.3 Å². The molecule has 0 unspecified atom stereocenters. The monoisotopic (exact) mass is 226 g/mol. The lowest BCUT2D eigenvalue weighted by Gasteiger charge is -2.40. The van der Waals surface area contributed by atoms with Crippen LogP contribution in [0.3, 0.4) is 0 Å². The second-order valence-corrected chi connectivity index (χ2v) is 4.57. The molecule has 0 saturated heterocycles. The fourth-order valence-corrected chi connectivity index (χ4v) is 2.20. The smallest absolute Gasteiger partial charge is 0.123 e. The predicted octanol–water partition coefficient (Wildman–Crippen LogP) is 3.30. The van der Waals surface area contributed by atoms with Crippen molar-refractivity contribution < 1.29 is 9.13 Å². The fourth-order valence-electron chi connectivity index (χ4n) is 1.79. The molecule has 1 nitrogen and oxygen atoms in total. The second kappa shape index (κ2) is 4.44. The molecule has 0 N–H and O–H groups in total. The average Bonchev–Trinajstić information content (AvgIpc) is 2.20. The molecule has 0 heterocycles. The maximum atomic E-state index is 12.6. The molecule has 1 aliphatic carbocycles. The largest absolute Gasteiger partial charge is 0.493 e. The zero-order valence-electron chi connectivity index (χ0n) is 8.58. The van der Waals surface area contributed by atoms with E-state index in [-0.39, 0.29) is 11.2 Å². The highest BCUT2D eigenvalue weighted by Gasteiger charge is 2.36. The Morgan fingerprint density at radius 3 is 2.40 bits per heavy atom. The van der Waals surface area contributed by atoms with Crippen LogP contribution in [-0.4, -0.2) is 12.4 Å². The maximum Gasteiger partial charge on any atom is 0.123 e. The predicted molar refractivity (Wildman–Crippen MR) is 62.0 cm³/mol. The first-order chi connectivity index (χ1) is 7.24. The Kier molecular flexibility index (Phi) is 3.19. The summed E-state index contributed by atoms with van der Waals surface area (Å²) < 4.78 is 18.3. The quantitative estimate of drug-likeness (QED) is 0.775. The molecule has 0 radical (unpaired) electrons. The van der Waals surface area contributed by atoms with Gasteiger partial charge in [-0.2, -0.15) is 12.6 Å². The Morgan fingerprint density at radius 2 is 1.93 bits per heavy atom. The highest BCUT2D eigenvalue weighted by Crippen LogP contribution is 2.42. The van der Waals surface area contributed by atoms with Crippen LogP contribution in [0, 0.1) is 11.2 Å². The van der Waals surface area contributed by atoms with E-state index < -0.39 is 0 Å². The first-order valence-electron chi connectivity index (χ1n) is 5.23. The number of rotatable bonds is 4. The number of thiol groups is 1. The van der Waals surface area contributed by atoms with Crippen LogP contribution in [0.15, 0.2) is 24.3 Å². The molecule has 15 heavy (non-hydrogen) atoms. The molecule has 82 valence electrons. The van der Waals surface area contributed by atoms with Crippen molar-refractivity contribution in [3.8, 4) is 5.75 Å². The lowest BCUT2D eigenvalue weighted by atomic mass is 9.71. The van der Waals surface area contributed by atoms with Gasteiger partial charge in [-0.15, -0.1) is 0 Å². The molecule has 3 heteroatoms. The number of ether oxygens (including phenoxy) is 1. The zero-order valence-corrected chi connectivity index (χ0v) is 9.47. The SMILES string of the molecule is Fc1ccc(OCC2(CS)CCC2)cc1. The van der Waals surface area contributed by atoms with Gasteiger partial charge in [-0.05, 0) is 42.9 Å². The van der Waals surface area contributed by atoms with Crippen molar-refractivity contribution >= 4 is 12.6 Å². The Hall–Kier alpha value is -0.700. The molecule has 0 atom stereocenters. The van der Waals surface area contributed by atoms with E-state index in [0.29, 0.717) is 6.61 Å². The minimum Gasteiger partial charge on any atom is -0.493 e. The summed E-state index contributed by atoms with van der Waals surface area (Å²) in [7, 11) is 0. The van der Waals surface area contributed by atoms with Gasteiger partial charge in [0.1, 0.15) is 11.6 Å². The summed E-state index contributed by atoms with van der Waals surface area (Å²) in [4.78, 5) is 0. The third kappa shape index (κ3) is 2.46. The lowest BCUT2D eigenvalue weighted by molar-refractivity contribution is 0.0829. The molecular formula is C12H15FOS. The standard InChI is InChI=1S/C12H15FOS/c13-10-2-4-11(5-3-10)14-8-12(9-15)6-1-7-12/h2-5,15H,1,6-9H2. The second-order valence-electron chi connectivity index (χ2n) is 4.25. The van der Waals surface area contributed by atoms with E-state index in [1.165, 1.54) is 31.4 Å². The van der Waals surface area contributed by atoms with Gasteiger partial charge < -0.3 is 4.74 Å². The normalized spacial score (nSPS) is 18.3. The molecule has 0 spiro atoms. The van der Waals surface area contributed by atoms with Crippen LogP contribution in [-0.2, 0) is 0 Å². The number of benzene rings is 1. The molecule has 0 aromatic heterocycles. The summed E-state index contributed by atoms with van der Waals surface area (Å²) in [5.74, 6) is 1.38. The lowest BCUT2D eigenvalue weighted by Crippen LogP contribution is -2.37. The molecule has 2 rings (SSSR count). The molecule has 1 fully saturated rings. The Bertz CT molecular complexity index is 313. The van der Waals surface area contributed by atoms with Crippen LogP contribution in [0.1, 0.15) is 19.3 Å². The fraction of sp³-hybridized carbons (Fsp3) is 0.500. The van der Waals surface area contributed by atoms with Gasteiger partial charge in [-0.25, -0.2) is 4.39 Å². The van der Waals surface area contributed by atoms with Crippen LogP contribution in [0.5, 0.6) is 5.75 Å². The van der Waals surface area contributed by atoms with Crippen LogP contribution < -0.4 is 4.74 Å². The zero-order chi connectivity index (χ0) is 10.7. The molecule has 1 aromatic rings. The van der Waals surface area contributed by atoms with Crippen LogP contribution in [0.2, 0.25) is 0 Å². The average molecular weight is 226 g/mol. The summed E-state index contributed by atoms with van der Waals surface area (Å²) in [6.45, 7) is 0.697. The first-order valence-corrected chi connectivity index (χ1v) is 5.87. The van der Waals surface area contributed by atoms with Crippen molar-refractivity contribution in [1.82, 2.24) is 0 Å². The molecule has 1 saturated carbocycles. The van der Waals surface area contributed by atoms with Gasteiger partial charge in [0.05, 0.1) is 6.61 Å². The summed E-state index contributed by atoms with van der Waals surface area (Å²) in [6, 6.07) is 6.17. The van der Waals surface area contributed by atoms with Crippen molar-refractivity contribution in [3.63, 3.8) is 0 Å². The first kappa shape index (κ1) is 10.8. The van der Waals surface area contributed by atoms with Crippen molar-refractivity contribution in [2.75, 3.05) is 12.4 Å². The van der Waals surface area contributed by atoms with Crippen LogP contribution >= 0.6 is 12.6 Å². The number of hydrogen-bond acceptors (Lipinski definition) is 2. The highest BCUT2D eigenvalue weighted by molar-refractivity contribution is 7.80. The Morgan fingerprint density at radius 1 is 1.27 bits per heavy atom. The molecule has 0 amide bonds. The summed E-state index contributed by atoms with van der Waals surface area (Å²) in [5, 5.41) is 0. The maximum absolute atomic E-state index is 12.6. The summed E-state index contributed by atoms with van der Waals surface area (Å²) in [5.41, 5.74) is 0.261. The molecule has 1 aliphatic rings. The van der Waals surface area contributed by atoms with E-state index in [9.17, 15) is 4.39 Å². The van der Waals surface area contributed by atoms with E-state index >= 15 is 0 Å². The summed E-state index contributed by atoms with van der Waals surface area (Å²) in [6.07, 6.45) is 3.66. The summed E-state index contributed by atoms with van der Waals surface area (Å²) >= 11 is 4.36. The van der Waals surface area contributed by atoms with Crippen molar-refractivity contribution in [2.24, 2.45) is 5.41 Å². The van der Waals surface area contributed by atoms with E-state index in [1.54, 1.807) is 12.1 Å². The van der Waals surface area contributed by atoms with Gasteiger partial charge in [0.2, 0.25) is 0 Å². The van der Waals surface area contributed by atoms with Crippen molar-refractivity contribution in [3.05, 3.63) is 30.1 Å². The third-order valence-corrected chi connectivity index (χ3v) is 3.78. The van der Waals surface area contributed by atoms with Gasteiger partial charge in [-0.3, -0.25) is 0 Å². The topological polar surface area (TPSA) is 9.23 Å². The minimum atomic E-state index is -0.227. The third-order valence-electron chi connectivity index (χ3n) is 3.11. The van der Waals surface area contributed by atoms with Gasteiger partial charge in [0.25, 0.3) is 0 Å². The van der Waals surface area contributed by atoms with E-state index in [0.717, 1.165) is 11.5 Å². The van der Waals surface area contributed by atoms with E-state index in [2.05, 4.69) is 12.6 Å². The van der Waals surface area contributed by atoms with E-state index in [1.807, 2.05) is 0 Å². The Balaban J connectivity index is 1.90. The molecule has 0 bridgehead atoms. The van der Waals surface area contributed by atoms with Crippen molar-refractivity contribution in [1.29, 1.82) is 0 Å².